The molecule has 11 aromatic rings. The fourth-order valence-electron chi connectivity index (χ4n) is 10.0. The first-order valence-electron chi connectivity index (χ1n) is 21.4. The quantitative estimate of drug-likeness (QED) is 0.116. The molecular formula is C59H42N2Se. The summed E-state index contributed by atoms with van der Waals surface area (Å²) in [6, 6.07) is 80.9. The Bertz CT molecular complexity index is 3480. The van der Waals surface area contributed by atoms with Crippen LogP contribution >= 0.6 is 0 Å². The second-order valence-electron chi connectivity index (χ2n) is 16.9. The molecule has 294 valence electrons. The van der Waals surface area contributed by atoms with Gasteiger partial charge in [-0.15, -0.1) is 0 Å². The van der Waals surface area contributed by atoms with Gasteiger partial charge >= 0.3 is 346 Å². The summed E-state index contributed by atoms with van der Waals surface area (Å²) in [7, 11) is 0. The predicted molar refractivity (Wildman–Crippen MR) is 266 cm³/mol. The summed E-state index contributed by atoms with van der Waals surface area (Å²) in [4.78, 5) is 4.93. The van der Waals surface area contributed by atoms with Gasteiger partial charge in [0.25, 0.3) is 0 Å². The van der Waals surface area contributed by atoms with Crippen molar-refractivity contribution in [1.82, 2.24) is 0 Å². The van der Waals surface area contributed by atoms with Crippen molar-refractivity contribution in [2.45, 2.75) is 19.3 Å². The Morgan fingerprint density at radius 1 is 0.371 bits per heavy atom. The third kappa shape index (κ3) is 5.85. The van der Waals surface area contributed by atoms with Crippen molar-refractivity contribution in [1.29, 1.82) is 0 Å². The van der Waals surface area contributed by atoms with E-state index in [0.29, 0.717) is 0 Å². The molecule has 0 atom stereocenters. The average Bonchev–Trinajstić information content (AvgIpc) is 3.82. The zero-order chi connectivity index (χ0) is 41.4. The summed E-state index contributed by atoms with van der Waals surface area (Å²) in [6.07, 6.45) is 0. The molecule has 0 amide bonds. The van der Waals surface area contributed by atoms with Crippen LogP contribution in [0.25, 0.3) is 63.1 Å². The van der Waals surface area contributed by atoms with Gasteiger partial charge in [-0.2, -0.15) is 0 Å². The third-order valence-electron chi connectivity index (χ3n) is 13.0. The normalized spacial score (nSPS) is 12.8. The molecule has 0 bridgehead atoms. The van der Waals surface area contributed by atoms with Gasteiger partial charge in [0.15, 0.2) is 0 Å². The monoisotopic (exact) mass is 858 g/mol. The molecule has 0 radical (unpaired) electrons. The van der Waals surface area contributed by atoms with E-state index in [1.54, 1.807) is 0 Å². The summed E-state index contributed by atoms with van der Waals surface area (Å²) in [5.74, 6) is 0. The summed E-state index contributed by atoms with van der Waals surface area (Å²) in [6.45, 7) is 4.71. The molecule has 0 spiro atoms. The van der Waals surface area contributed by atoms with E-state index in [1.165, 1.54) is 74.2 Å². The van der Waals surface area contributed by atoms with Crippen LogP contribution in [0.2, 0.25) is 0 Å². The molecule has 0 aliphatic heterocycles. The van der Waals surface area contributed by atoms with Crippen molar-refractivity contribution in [3.05, 3.63) is 230 Å². The number of nitrogens with zero attached hydrogens (tertiary/aromatic N) is 2. The molecule has 1 aromatic heterocycles. The fraction of sp³-hybridized carbons (Fsp3) is 0.0508. The third-order valence-corrected chi connectivity index (χ3v) is 15.5. The van der Waals surface area contributed by atoms with Gasteiger partial charge in [0.05, 0.1) is 0 Å². The van der Waals surface area contributed by atoms with Gasteiger partial charge in [-0.25, -0.2) is 0 Å². The van der Waals surface area contributed by atoms with Crippen LogP contribution in [0.1, 0.15) is 25.0 Å². The van der Waals surface area contributed by atoms with E-state index >= 15 is 0 Å². The van der Waals surface area contributed by atoms with Crippen molar-refractivity contribution in [3.63, 3.8) is 0 Å². The molecule has 0 unspecified atom stereocenters. The number of para-hydroxylation sites is 2. The first-order chi connectivity index (χ1) is 30.5. The summed E-state index contributed by atoms with van der Waals surface area (Å²) in [5, 5.41) is 7.84. The zero-order valence-electron chi connectivity index (χ0n) is 34.6. The van der Waals surface area contributed by atoms with Crippen LogP contribution in [0.5, 0.6) is 0 Å². The second kappa shape index (κ2) is 14.5. The molecular weight excluding hydrogens is 816 g/mol. The second-order valence-corrected chi connectivity index (χ2v) is 19.1. The van der Waals surface area contributed by atoms with Gasteiger partial charge in [-0.05, 0) is 0 Å². The van der Waals surface area contributed by atoms with Gasteiger partial charge in [0.2, 0.25) is 0 Å². The number of hydrogen-bond acceptors (Lipinski definition) is 2. The fourth-order valence-corrected chi connectivity index (χ4v) is 12.7. The number of benzene rings is 10. The van der Waals surface area contributed by atoms with E-state index in [-0.39, 0.29) is 19.9 Å². The molecule has 1 heterocycles. The molecule has 12 rings (SSSR count). The Morgan fingerprint density at radius 2 is 0.952 bits per heavy atom. The molecule has 0 N–H and O–H groups in total. The van der Waals surface area contributed by atoms with E-state index in [9.17, 15) is 0 Å². The Labute approximate surface area is 368 Å². The van der Waals surface area contributed by atoms with Gasteiger partial charge in [-0.1, -0.05) is 24.3 Å². The molecule has 3 heteroatoms. The molecule has 10 aromatic carbocycles. The van der Waals surface area contributed by atoms with Crippen LogP contribution in [-0.2, 0) is 5.41 Å². The molecule has 62 heavy (non-hydrogen) atoms. The van der Waals surface area contributed by atoms with Crippen LogP contribution in [0, 0.1) is 0 Å². The first kappa shape index (κ1) is 36.7. The number of fused-ring (bicyclic) bond motifs is 10. The standard InChI is InChI=1S/C59H42N2Se/c1-59(2)53-24-14-12-22-47(53)51-36-45(32-35-54(51)59)60(42-18-8-4-9-19-42)46-37-52-48(33-28-41-29-34-50-49-23-13-15-25-56(49)62-58(50)57(41)52)55(38-46)61(43-20-10-5-11-21-43)44-30-26-40(27-31-44)39-16-6-3-7-17-39/h3-38H,1-2H3. The number of hydrogen-bond donors (Lipinski definition) is 0. The Balaban J connectivity index is 1.17. The van der Waals surface area contributed by atoms with E-state index in [0.717, 1.165) is 34.1 Å². The van der Waals surface area contributed by atoms with Crippen molar-refractivity contribution >= 4 is 89.5 Å². The van der Waals surface area contributed by atoms with Crippen molar-refractivity contribution in [3.8, 4) is 22.3 Å². The van der Waals surface area contributed by atoms with Gasteiger partial charge in [0, 0.05) is 0 Å². The molecule has 1 aliphatic carbocycles. The molecule has 2 nitrogen and oxygen atoms in total. The van der Waals surface area contributed by atoms with Crippen molar-refractivity contribution in [2.75, 3.05) is 9.80 Å². The van der Waals surface area contributed by atoms with E-state index < -0.39 is 0 Å². The molecule has 0 saturated heterocycles. The molecule has 1 aliphatic rings. The number of rotatable bonds is 7. The minimum atomic E-state index is -0.0803. The SMILES string of the molecule is CC1(C)c2ccccc2-c2cc(N(c3ccccc3)c3cc(N(c4ccccc4)c4ccc(-c5ccccc5)cc4)c4ccc5ccc6c7ccccc7[se]c6c5c4c3)ccc21. The maximum absolute atomic E-state index is 2.47. The minimum absolute atomic E-state index is 0.0803. The van der Waals surface area contributed by atoms with Crippen LogP contribution in [0.3, 0.4) is 0 Å². The van der Waals surface area contributed by atoms with E-state index in [1.807, 2.05) is 0 Å². The van der Waals surface area contributed by atoms with Crippen LogP contribution < -0.4 is 9.80 Å². The van der Waals surface area contributed by atoms with Gasteiger partial charge < -0.3 is 0 Å². The topological polar surface area (TPSA) is 6.48 Å². The van der Waals surface area contributed by atoms with Gasteiger partial charge in [0.1, 0.15) is 0 Å². The Hall–Kier alpha value is -7.16. The summed E-state index contributed by atoms with van der Waals surface area (Å²) < 4.78 is 2.92. The zero-order valence-corrected chi connectivity index (χ0v) is 36.3. The maximum atomic E-state index is 2.47. The van der Waals surface area contributed by atoms with Crippen molar-refractivity contribution < 1.29 is 0 Å². The summed E-state index contributed by atoms with van der Waals surface area (Å²) in [5.41, 5.74) is 14.4. The summed E-state index contributed by atoms with van der Waals surface area (Å²) >= 11 is 0.168. The molecule has 0 fully saturated rings. The van der Waals surface area contributed by atoms with Gasteiger partial charge in [-0.3, -0.25) is 0 Å². The number of anilines is 6. The van der Waals surface area contributed by atoms with Crippen LogP contribution in [0.4, 0.5) is 34.1 Å². The first-order valence-corrected chi connectivity index (χ1v) is 23.1. The molecule has 0 saturated carbocycles. The Morgan fingerprint density at radius 3 is 1.71 bits per heavy atom. The Kier molecular flexibility index (Phi) is 8.57. The van der Waals surface area contributed by atoms with E-state index in [2.05, 4.69) is 242 Å². The van der Waals surface area contributed by atoms with Crippen LogP contribution in [-0.4, -0.2) is 14.5 Å². The van der Waals surface area contributed by atoms with Crippen LogP contribution in [0.15, 0.2) is 218 Å². The van der Waals surface area contributed by atoms with E-state index in [4.69, 9.17) is 0 Å². The predicted octanol–water partition coefficient (Wildman–Crippen LogP) is 16.3. The van der Waals surface area contributed by atoms with Crippen molar-refractivity contribution in [2.24, 2.45) is 0 Å². The average molecular weight is 858 g/mol.